The maximum Gasteiger partial charge on any atom is 0.229 e. The van der Waals surface area contributed by atoms with Gasteiger partial charge in [-0.05, 0) is 43.2 Å². The molecule has 0 aliphatic carbocycles. The molecule has 2 amide bonds. The van der Waals surface area contributed by atoms with Crippen LogP contribution in [0.5, 0.6) is 0 Å². The molecule has 3 rings (SSSR count). The first kappa shape index (κ1) is 18.7. The Balaban J connectivity index is 1.74. The number of hydrogen-bond acceptors (Lipinski definition) is 2. The Morgan fingerprint density at radius 1 is 1.15 bits per heavy atom. The number of amides is 2. The molecule has 1 unspecified atom stereocenters. The summed E-state index contributed by atoms with van der Waals surface area (Å²) in [5.41, 5.74) is 2.78. The van der Waals surface area contributed by atoms with E-state index >= 15 is 0 Å². The number of rotatable bonds is 4. The van der Waals surface area contributed by atoms with Crippen molar-refractivity contribution in [1.82, 2.24) is 0 Å². The van der Waals surface area contributed by atoms with E-state index in [0.29, 0.717) is 15.7 Å². The van der Waals surface area contributed by atoms with Crippen LogP contribution >= 0.6 is 23.2 Å². The molecule has 2 aromatic carbocycles. The Morgan fingerprint density at radius 2 is 1.88 bits per heavy atom. The van der Waals surface area contributed by atoms with E-state index in [9.17, 15) is 9.59 Å². The van der Waals surface area contributed by atoms with Gasteiger partial charge >= 0.3 is 0 Å². The summed E-state index contributed by atoms with van der Waals surface area (Å²) in [6, 6.07) is 13.1. The van der Waals surface area contributed by atoms with Gasteiger partial charge in [0.25, 0.3) is 0 Å². The summed E-state index contributed by atoms with van der Waals surface area (Å²) in [7, 11) is 0. The molecule has 136 valence electrons. The van der Waals surface area contributed by atoms with Gasteiger partial charge in [0, 0.05) is 37.3 Å². The highest BCUT2D eigenvalue weighted by molar-refractivity contribution is 6.42. The Hall–Kier alpha value is -2.04. The fourth-order valence-electron chi connectivity index (χ4n) is 3.39. The van der Waals surface area contributed by atoms with E-state index in [1.807, 2.05) is 30.0 Å². The number of fused-ring (bicyclic) bond motifs is 1. The van der Waals surface area contributed by atoms with E-state index in [0.717, 1.165) is 12.1 Å². The van der Waals surface area contributed by atoms with Crippen LogP contribution in [0.2, 0.25) is 10.0 Å². The van der Waals surface area contributed by atoms with Crippen LogP contribution in [0.25, 0.3) is 0 Å². The third kappa shape index (κ3) is 3.71. The lowest BCUT2D eigenvalue weighted by molar-refractivity contribution is -0.119. The fraction of sp³-hybridized carbons (Fsp3) is 0.300. The number of para-hydroxylation sites is 1. The van der Waals surface area contributed by atoms with Crippen molar-refractivity contribution in [1.29, 1.82) is 0 Å². The quantitative estimate of drug-likeness (QED) is 0.757. The SMILES string of the molecule is CC(=O)N(CCC(=O)N1c2ccccc2CC1C)c1ccc(Cl)c(Cl)c1. The van der Waals surface area contributed by atoms with Crippen LogP contribution in [-0.2, 0) is 16.0 Å². The van der Waals surface area contributed by atoms with E-state index in [-0.39, 0.29) is 30.8 Å². The lowest BCUT2D eigenvalue weighted by Gasteiger charge is -2.26. The molecule has 0 aromatic heterocycles. The van der Waals surface area contributed by atoms with Crippen LogP contribution in [0.15, 0.2) is 42.5 Å². The number of hydrogen-bond donors (Lipinski definition) is 0. The molecule has 1 aliphatic heterocycles. The molecule has 0 radical (unpaired) electrons. The lowest BCUT2D eigenvalue weighted by Crippen LogP contribution is -2.39. The van der Waals surface area contributed by atoms with E-state index in [4.69, 9.17) is 23.2 Å². The molecular formula is C20H20Cl2N2O2. The third-order valence-electron chi connectivity index (χ3n) is 4.62. The molecule has 0 N–H and O–H groups in total. The van der Waals surface area contributed by atoms with Crippen molar-refractivity contribution in [2.45, 2.75) is 32.7 Å². The molecule has 0 bridgehead atoms. The minimum Gasteiger partial charge on any atom is -0.312 e. The second-order valence-electron chi connectivity index (χ2n) is 6.46. The van der Waals surface area contributed by atoms with Gasteiger partial charge in [-0.15, -0.1) is 0 Å². The fourth-order valence-corrected chi connectivity index (χ4v) is 3.69. The van der Waals surface area contributed by atoms with Gasteiger partial charge in [-0.2, -0.15) is 0 Å². The predicted molar refractivity (Wildman–Crippen MR) is 106 cm³/mol. The van der Waals surface area contributed by atoms with E-state index in [2.05, 4.69) is 6.07 Å². The number of benzene rings is 2. The van der Waals surface area contributed by atoms with Crippen molar-refractivity contribution in [2.75, 3.05) is 16.3 Å². The van der Waals surface area contributed by atoms with E-state index in [1.165, 1.54) is 12.5 Å². The minimum absolute atomic E-state index is 0.00811. The van der Waals surface area contributed by atoms with Crippen molar-refractivity contribution in [3.63, 3.8) is 0 Å². The van der Waals surface area contributed by atoms with Crippen LogP contribution in [0.3, 0.4) is 0 Å². The highest BCUT2D eigenvalue weighted by atomic mass is 35.5. The molecule has 0 fully saturated rings. The second kappa shape index (κ2) is 7.68. The van der Waals surface area contributed by atoms with Crippen LogP contribution in [0.4, 0.5) is 11.4 Å². The first-order valence-electron chi connectivity index (χ1n) is 8.51. The number of nitrogens with zero attached hydrogens (tertiary/aromatic N) is 2. The number of anilines is 2. The normalized spacial score (nSPS) is 15.7. The summed E-state index contributed by atoms with van der Waals surface area (Å²) >= 11 is 12.0. The van der Waals surface area contributed by atoms with Gasteiger partial charge in [-0.3, -0.25) is 9.59 Å². The van der Waals surface area contributed by atoms with Crippen LogP contribution < -0.4 is 9.80 Å². The van der Waals surface area contributed by atoms with Crippen molar-refractivity contribution in [3.8, 4) is 0 Å². The third-order valence-corrected chi connectivity index (χ3v) is 5.36. The number of carbonyl (C=O) groups excluding carboxylic acids is 2. The maximum absolute atomic E-state index is 12.8. The van der Waals surface area contributed by atoms with E-state index in [1.54, 1.807) is 23.1 Å². The Kier molecular flexibility index (Phi) is 5.54. The molecule has 0 saturated heterocycles. The molecule has 2 aromatic rings. The zero-order valence-corrected chi connectivity index (χ0v) is 16.2. The number of carbonyl (C=O) groups is 2. The highest BCUT2D eigenvalue weighted by Gasteiger charge is 2.30. The van der Waals surface area contributed by atoms with Gasteiger partial charge in [-0.25, -0.2) is 0 Å². The summed E-state index contributed by atoms with van der Waals surface area (Å²) in [4.78, 5) is 28.3. The largest absolute Gasteiger partial charge is 0.312 e. The minimum atomic E-state index is -0.147. The number of halogens is 2. The molecule has 1 aliphatic rings. The van der Waals surface area contributed by atoms with Crippen molar-refractivity contribution < 1.29 is 9.59 Å². The van der Waals surface area contributed by atoms with Crippen LogP contribution in [-0.4, -0.2) is 24.4 Å². The molecule has 1 atom stereocenters. The first-order valence-corrected chi connectivity index (χ1v) is 9.27. The summed E-state index contributed by atoms with van der Waals surface area (Å²) in [5.74, 6) is -0.139. The van der Waals surface area contributed by atoms with E-state index < -0.39 is 0 Å². The zero-order valence-electron chi connectivity index (χ0n) is 14.7. The van der Waals surface area contributed by atoms with Crippen LogP contribution in [0, 0.1) is 0 Å². The lowest BCUT2D eigenvalue weighted by atomic mass is 10.1. The molecule has 0 spiro atoms. The van der Waals surface area contributed by atoms with Gasteiger partial charge in [0.1, 0.15) is 0 Å². The molecule has 4 nitrogen and oxygen atoms in total. The maximum atomic E-state index is 12.8. The average Bonchev–Trinajstić information content (AvgIpc) is 2.93. The van der Waals surface area contributed by atoms with Gasteiger partial charge in [0.15, 0.2) is 0 Å². The highest BCUT2D eigenvalue weighted by Crippen LogP contribution is 2.32. The Morgan fingerprint density at radius 3 is 2.58 bits per heavy atom. The van der Waals surface area contributed by atoms with Gasteiger partial charge in [-0.1, -0.05) is 41.4 Å². The Labute approximate surface area is 163 Å². The van der Waals surface area contributed by atoms with Crippen LogP contribution in [0.1, 0.15) is 25.8 Å². The average molecular weight is 391 g/mol. The topological polar surface area (TPSA) is 40.6 Å². The molecule has 1 heterocycles. The zero-order chi connectivity index (χ0) is 18.8. The standard InChI is InChI=1S/C20H20Cl2N2O2/c1-13-11-15-5-3-4-6-19(15)24(13)20(26)9-10-23(14(2)25)16-7-8-17(21)18(22)12-16/h3-8,12-13H,9-11H2,1-2H3. The predicted octanol–water partition coefficient (Wildman–Crippen LogP) is 4.71. The summed E-state index contributed by atoms with van der Waals surface area (Å²) in [6.45, 7) is 3.80. The summed E-state index contributed by atoms with van der Waals surface area (Å²) in [5, 5.41) is 0.807. The smallest absolute Gasteiger partial charge is 0.229 e. The monoisotopic (exact) mass is 390 g/mol. The van der Waals surface area contributed by atoms with Crippen molar-refractivity contribution in [2.24, 2.45) is 0 Å². The van der Waals surface area contributed by atoms with Gasteiger partial charge < -0.3 is 9.80 Å². The summed E-state index contributed by atoms with van der Waals surface area (Å²) in [6.07, 6.45) is 1.09. The second-order valence-corrected chi connectivity index (χ2v) is 7.28. The molecule has 6 heteroatoms. The van der Waals surface area contributed by atoms with Crippen molar-refractivity contribution >= 4 is 46.4 Å². The van der Waals surface area contributed by atoms with Gasteiger partial charge in [0.05, 0.1) is 10.0 Å². The molecular weight excluding hydrogens is 371 g/mol. The molecule has 26 heavy (non-hydrogen) atoms. The summed E-state index contributed by atoms with van der Waals surface area (Å²) < 4.78 is 0. The first-order chi connectivity index (χ1) is 12.4. The van der Waals surface area contributed by atoms with Crippen molar-refractivity contribution in [3.05, 3.63) is 58.1 Å². The van der Waals surface area contributed by atoms with Gasteiger partial charge in [0.2, 0.25) is 11.8 Å². The Bertz CT molecular complexity index is 853. The molecule has 0 saturated carbocycles.